The number of carbonyl (C=O) groups excluding carboxylic acids is 1. The maximum Gasteiger partial charge on any atom is 0.306 e. The molecule has 0 spiro atoms. The highest BCUT2D eigenvalue weighted by molar-refractivity contribution is 5.70. The van der Waals surface area contributed by atoms with Crippen LogP contribution in [-0.4, -0.2) is 18.2 Å². The number of benzene rings is 1. The van der Waals surface area contributed by atoms with Crippen molar-refractivity contribution >= 4 is 5.97 Å². The zero-order chi connectivity index (χ0) is 12.0. The second-order valence-electron chi connectivity index (χ2n) is 3.60. The van der Waals surface area contributed by atoms with E-state index in [9.17, 15) is 9.90 Å². The molecule has 1 atom stereocenters. The van der Waals surface area contributed by atoms with Crippen LogP contribution in [-0.2, 0) is 9.53 Å². The summed E-state index contributed by atoms with van der Waals surface area (Å²) < 4.78 is 4.64. The number of carbonyl (C=O) groups is 1. The fourth-order valence-corrected chi connectivity index (χ4v) is 1.60. The number of methoxy groups -OCH3 is 1. The maximum atomic E-state index is 11.2. The van der Waals surface area contributed by atoms with Crippen molar-refractivity contribution < 1.29 is 14.6 Å². The summed E-state index contributed by atoms with van der Waals surface area (Å²) in [6, 6.07) is 6.92. The molecular formula is C13H16O3. The monoisotopic (exact) mass is 220 g/mol. The zero-order valence-electron chi connectivity index (χ0n) is 9.35. The highest BCUT2D eigenvalue weighted by atomic mass is 16.5. The fourth-order valence-electron chi connectivity index (χ4n) is 1.60. The van der Waals surface area contributed by atoms with Gasteiger partial charge in [-0.2, -0.15) is 0 Å². The van der Waals surface area contributed by atoms with Crippen LogP contribution < -0.4 is 0 Å². The Balaban J connectivity index is 2.84. The molecule has 0 radical (unpaired) electrons. The Morgan fingerprint density at radius 3 is 2.94 bits per heavy atom. The number of allylic oxidation sites excluding steroid dienone is 1. The van der Waals surface area contributed by atoms with Gasteiger partial charge in [0, 0.05) is 0 Å². The first kappa shape index (κ1) is 12.3. The summed E-state index contributed by atoms with van der Waals surface area (Å²) in [5.41, 5.74) is 0.922. The second kappa shape index (κ2) is 5.95. The van der Waals surface area contributed by atoms with Crippen LogP contribution in [0.3, 0.4) is 0 Å². The van der Waals surface area contributed by atoms with Gasteiger partial charge in [0.2, 0.25) is 0 Å². The molecule has 0 fully saturated rings. The Bertz CT molecular complexity index is 371. The van der Waals surface area contributed by atoms with Crippen LogP contribution in [0.25, 0.3) is 0 Å². The summed E-state index contributed by atoms with van der Waals surface area (Å²) in [7, 11) is 1.37. The summed E-state index contributed by atoms with van der Waals surface area (Å²) in [6.45, 7) is 3.67. The molecule has 3 nitrogen and oxygen atoms in total. The molecule has 1 rings (SSSR count). The number of ether oxygens (including phenoxy) is 1. The molecule has 1 unspecified atom stereocenters. The lowest BCUT2D eigenvalue weighted by atomic mass is 9.92. The first-order valence-electron chi connectivity index (χ1n) is 5.14. The van der Waals surface area contributed by atoms with Gasteiger partial charge in [-0.3, -0.25) is 4.79 Å². The van der Waals surface area contributed by atoms with E-state index >= 15 is 0 Å². The third-order valence-electron chi connectivity index (χ3n) is 2.43. The van der Waals surface area contributed by atoms with Gasteiger partial charge < -0.3 is 9.84 Å². The van der Waals surface area contributed by atoms with Crippen molar-refractivity contribution in [2.75, 3.05) is 7.11 Å². The van der Waals surface area contributed by atoms with Crippen LogP contribution in [0.5, 0.6) is 5.75 Å². The largest absolute Gasteiger partial charge is 0.508 e. The molecule has 0 amide bonds. The average Bonchev–Trinajstić information content (AvgIpc) is 2.28. The molecule has 86 valence electrons. The molecular weight excluding hydrogens is 204 g/mol. The van der Waals surface area contributed by atoms with Gasteiger partial charge in [0.25, 0.3) is 0 Å². The van der Waals surface area contributed by atoms with E-state index in [1.165, 1.54) is 7.11 Å². The van der Waals surface area contributed by atoms with E-state index in [-0.39, 0.29) is 17.6 Å². The van der Waals surface area contributed by atoms with Gasteiger partial charge in [0.1, 0.15) is 5.75 Å². The van der Waals surface area contributed by atoms with E-state index in [1.807, 2.05) is 6.07 Å². The van der Waals surface area contributed by atoms with Crippen molar-refractivity contribution in [1.82, 2.24) is 0 Å². The first-order chi connectivity index (χ1) is 7.67. The molecule has 3 heteroatoms. The Labute approximate surface area is 95.4 Å². The standard InChI is InChI=1S/C13H16O3/c1-3-5-10(9-13(15)16-2)11-6-4-7-12(14)8-11/h3-4,6-8,10,14H,1,5,9H2,2H3. The Morgan fingerprint density at radius 2 is 2.38 bits per heavy atom. The molecule has 1 aromatic rings. The van der Waals surface area contributed by atoms with Crippen LogP contribution in [0, 0.1) is 0 Å². The van der Waals surface area contributed by atoms with Crippen LogP contribution in [0.1, 0.15) is 24.3 Å². The molecule has 0 saturated heterocycles. The van der Waals surface area contributed by atoms with Gasteiger partial charge >= 0.3 is 5.97 Å². The van der Waals surface area contributed by atoms with E-state index in [1.54, 1.807) is 24.3 Å². The van der Waals surface area contributed by atoms with Crippen molar-refractivity contribution in [2.24, 2.45) is 0 Å². The minimum absolute atomic E-state index is 0.0112. The molecule has 1 aromatic carbocycles. The van der Waals surface area contributed by atoms with E-state index in [0.29, 0.717) is 12.8 Å². The highest BCUT2D eigenvalue weighted by Gasteiger charge is 2.15. The number of hydrogen-bond donors (Lipinski definition) is 1. The van der Waals surface area contributed by atoms with Crippen molar-refractivity contribution in [1.29, 1.82) is 0 Å². The minimum Gasteiger partial charge on any atom is -0.508 e. The number of phenols is 1. The third-order valence-corrected chi connectivity index (χ3v) is 2.43. The first-order valence-corrected chi connectivity index (χ1v) is 5.14. The van der Waals surface area contributed by atoms with E-state index in [4.69, 9.17) is 0 Å². The molecule has 0 aromatic heterocycles. The predicted molar refractivity (Wildman–Crippen MR) is 62.3 cm³/mol. The second-order valence-corrected chi connectivity index (χ2v) is 3.60. The van der Waals surface area contributed by atoms with Crippen molar-refractivity contribution in [2.45, 2.75) is 18.8 Å². The summed E-state index contributed by atoms with van der Waals surface area (Å²) in [4.78, 5) is 11.2. The number of esters is 1. The fraction of sp³-hybridized carbons (Fsp3) is 0.308. The SMILES string of the molecule is C=CCC(CC(=O)OC)c1cccc(O)c1. The average molecular weight is 220 g/mol. The summed E-state index contributed by atoms with van der Waals surface area (Å²) in [5, 5.41) is 9.38. The lowest BCUT2D eigenvalue weighted by Crippen LogP contribution is -2.08. The maximum absolute atomic E-state index is 11.2. The van der Waals surface area contributed by atoms with E-state index in [0.717, 1.165) is 5.56 Å². The van der Waals surface area contributed by atoms with Crippen molar-refractivity contribution in [3.63, 3.8) is 0 Å². The Morgan fingerprint density at radius 1 is 1.62 bits per heavy atom. The number of rotatable bonds is 5. The van der Waals surface area contributed by atoms with Crippen LogP contribution in [0.15, 0.2) is 36.9 Å². The number of aromatic hydroxyl groups is 1. The van der Waals surface area contributed by atoms with Gasteiger partial charge in [0.05, 0.1) is 13.5 Å². The quantitative estimate of drug-likeness (QED) is 0.613. The van der Waals surface area contributed by atoms with E-state index in [2.05, 4.69) is 11.3 Å². The molecule has 0 aliphatic carbocycles. The Hall–Kier alpha value is -1.77. The topological polar surface area (TPSA) is 46.5 Å². The minimum atomic E-state index is -0.254. The normalized spacial score (nSPS) is 11.8. The molecule has 0 saturated carbocycles. The van der Waals surface area contributed by atoms with Gasteiger partial charge in [-0.15, -0.1) is 6.58 Å². The third kappa shape index (κ3) is 3.42. The van der Waals surface area contributed by atoms with Crippen molar-refractivity contribution in [3.8, 4) is 5.75 Å². The van der Waals surface area contributed by atoms with Gasteiger partial charge in [-0.25, -0.2) is 0 Å². The van der Waals surface area contributed by atoms with Crippen LogP contribution in [0.4, 0.5) is 0 Å². The summed E-state index contributed by atoms with van der Waals surface area (Å²) in [6.07, 6.45) is 2.74. The smallest absolute Gasteiger partial charge is 0.306 e. The van der Waals surface area contributed by atoms with Crippen molar-refractivity contribution in [3.05, 3.63) is 42.5 Å². The van der Waals surface area contributed by atoms with Gasteiger partial charge in [-0.1, -0.05) is 18.2 Å². The number of hydrogen-bond acceptors (Lipinski definition) is 3. The van der Waals surface area contributed by atoms with Crippen LogP contribution >= 0.6 is 0 Å². The molecule has 0 bridgehead atoms. The van der Waals surface area contributed by atoms with Gasteiger partial charge in [-0.05, 0) is 30.0 Å². The van der Waals surface area contributed by atoms with Crippen LogP contribution in [0.2, 0.25) is 0 Å². The van der Waals surface area contributed by atoms with E-state index < -0.39 is 0 Å². The predicted octanol–water partition coefficient (Wildman–Crippen LogP) is 2.62. The Kier molecular flexibility index (Phi) is 4.58. The molecule has 0 aliphatic rings. The summed E-state index contributed by atoms with van der Waals surface area (Å²) in [5.74, 6) is -0.0383. The molecule has 0 aliphatic heterocycles. The molecule has 16 heavy (non-hydrogen) atoms. The number of phenolic OH excluding ortho intramolecular Hbond substituents is 1. The molecule has 1 N–H and O–H groups in total. The molecule has 0 heterocycles. The summed E-state index contributed by atoms with van der Waals surface area (Å²) >= 11 is 0. The van der Waals surface area contributed by atoms with Gasteiger partial charge in [0.15, 0.2) is 0 Å². The zero-order valence-corrected chi connectivity index (χ0v) is 9.35. The lowest BCUT2D eigenvalue weighted by molar-refractivity contribution is -0.141. The lowest BCUT2D eigenvalue weighted by Gasteiger charge is -2.14. The highest BCUT2D eigenvalue weighted by Crippen LogP contribution is 2.26.